The van der Waals surface area contributed by atoms with Crippen LogP contribution in [-0.4, -0.2) is 12.6 Å². The van der Waals surface area contributed by atoms with Crippen molar-refractivity contribution in [2.24, 2.45) is 5.73 Å². The highest BCUT2D eigenvalue weighted by Gasteiger charge is 2.36. The molecule has 0 saturated carbocycles. The molecule has 2 N–H and O–H groups in total. The molecule has 0 bridgehead atoms. The molecule has 0 saturated heterocycles. The van der Waals surface area contributed by atoms with E-state index in [0.717, 1.165) is 0 Å². The molecule has 112 valence electrons. The van der Waals surface area contributed by atoms with Crippen LogP contribution in [0.5, 0.6) is 0 Å². The summed E-state index contributed by atoms with van der Waals surface area (Å²) >= 11 is 0. The predicted octanol–water partition coefficient (Wildman–Crippen LogP) is 2.94. The van der Waals surface area contributed by atoms with E-state index in [1.165, 1.54) is 0 Å². The van der Waals surface area contributed by atoms with Gasteiger partial charge in [0.1, 0.15) is 0 Å². The molecule has 0 heterocycles. The number of esters is 1. The largest absolute Gasteiger partial charge is 0.466 e. The Morgan fingerprint density at radius 2 is 1.90 bits per heavy atom. The number of nitrogens with two attached hydrogens (primary N) is 1. The third kappa shape index (κ3) is 3.66. The molecule has 0 aromatic heterocycles. The Labute approximate surface area is 111 Å². The lowest BCUT2D eigenvalue weighted by Crippen LogP contribution is -2.20. The highest BCUT2D eigenvalue weighted by molar-refractivity contribution is 5.70. The number of carbonyl (C=O) groups is 1. The van der Waals surface area contributed by atoms with Crippen molar-refractivity contribution >= 4 is 5.97 Å². The fourth-order valence-electron chi connectivity index (χ4n) is 1.58. The number of alkyl halides is 3. The van der Waals surface area contributed by atoms with Crippen molar-refractivity contribution in [1.29, 1.82) is 0 Å². The number of hydrogen-bond donors (Lipinski definition) is 1. The average Bonchev–Trinajstić information content (AvgIpc) is 2.30. The third-order valence-corrected chi connectivity index (χ3v) is 2.51. The molecule has 1 atom stereocenters. The Balaban J connectivity index is 3.04. The number of halogens is 5. The summed E-state index contributed by atoms with van der Waals surface area (Å²) in [6.07, 6.45) is -5.47. The van der Waals surface area contributed by atoms with Gasteiger partial charge in [-0.05, 0) is 13.0 Å². The normalized spacial score (nSPS) is 13.2. The second-order valence-corrected chi connectivity index (χ2v) is 3.94. The van der Waals surface area contributed by atoms with E-state index in [4.69, 9.17) is 5.73 Å². The standard InChI is InChI=1S/C12H12F5NO2/c1-2-20-9(19)5-8(18)6-3-4-7(12(15,16)17)11(14)10(6)13/h3-4,8H,2,5,18H2,1H3. The Bertz CT molecular complexity index is 501. The van der Waals surface area contributed by atoms with Crippen LogP contribution in [0.25, 0.3) is 0 Å². The summed E-state index contributed by atoms with van der Waals surface area (Å²) in [6, 6.07) is -0.185. The molecule has 1 unspecified atom stereocenters. The minimum Gasteiger partial charge on any atom is -0.466 e. The van der Waals surface area contributed by atoms with Crippen LogP contribution in [0, 0.1) is 11.6 Å². The van der Waals surface area contributed by atoms with Crippen molar-refractivity contribution in [1.82, 2.24) is 0 Å². The summed E-state index contributed by atoms with van der Waals surface area (Å²) in [5.74, 6) is -4.49. The van der Waals surface area contributed by atoms with Gasteiger partial charge in [-0.3, -0.25) is 4.79 Å². The molecule has 0 fully saturated rings. The van der Waals surface area contributed by atoms with Gasteiger partial charge in [-0.15, -0.1) is 0 Å². The SMILES string of the molecule is CCOC(=O)CC(N)c1ccc(C(F)(F)F)c(F)c1F. The summed E-state index contributed by atoms with van der Waals surface area (Å²) in [5.41, 5.74) is 3.24. The quantitative estimate of drug-likeness (QED) is 0.686. The zero-order chi connectivity index (χ0) is 15.5. The number of carbonyl (C=O) groups excluding carboxylic acids is 1. The fraction of sp³-hybridized carbons (Fsp3) is 0.417. The highest BCUT2D eigenvalue weighted by Crippen LogP contribution is 2.34. The van der Waals surface area contributed by atoms with Gasteiger partial charge < -0.3 is 10.5 Å². The van der Waals surface area contributed by atoms with Crippen molar-refractivity contribution in [3.8, 4) is 0 Å². The van der Waals surface area contributed by atoms with E-state index in [-0.39, 0.29) is 6.61 Å². The Kier molecular flexibility index (Phi) is 5.04. The average molecular weight is 297 g/mol. The van der Waals surface area contributed by atoms with Gasteiger partial charge in [-0.1, -0.05) is 6.07 Å². The molecule has 1 aromatic rings. The Morgan fingerprint density at radius 1 is 1.30 bits per heavy atom. The van der Waals surface area contributed by atoms with E-state index >= 15 is 0 Å². The molecule has 0 aliphatic carbocycles. The van der Waals surface area contributed by atoms with E-state index in [1.807, 2.05) is 0 Å². The summed E-state index contributed by atoms with van der Waals surface area (Å²) in [6.45, 7) is 1.62. The van der Waals surface area contributed by atoms with Crippen LogP contribution >= 0.6 is 0 Å². The molecule has 0 amide bonds. The molecule has 0 radical (unpaired) electrons. The molecular formula is C12H12F5NO2. The van der Waals surface area contributed by atoms with Crippen LogP contribution < -0.4 is 5.73 Å². The smallest absolute Gasteiger partial charge is 0.419 e. The van der Waals surface area contributed by atoms with E-state index in [9.17, 15) is 26.7 Å². The maximum Gasteiger partial charge on any atom is 0.419 e. The van der Waals surface area contributed by atoms with Crippen molar-refractivity contribution in [3.63, 3.8) is 0 Å². The first-order chi connectivity index (χ1) is 9.18. The van der Waals surface area contributed by atoms with Gasteiger partial charge in [0.2, 0.25) is 0 Å². The lowest BCUT2D eigenvalue weighted by Gasteiger charge is -2.15. The van der Waals surface area contributed by atoms with Gasteiger partial charge in [-0.25, -0.2) is 8.78 Å². The van der Waals surface area contributed by atoms with E-state index < -0.39 is 47.4 Å². The Hall–Kier alpha value is -1.70. The number of hydrogen-bond acceptors (Lipinski definition) is 3. The third-order valence-electron chi connectivity index (χ3n) is 2.51. The minimum absolute atomic E-state index is 0.0788. The molecule has 0 aliphatic heterocycles. The summed E-state index contributed by atoms with van der Waals surface area (Å²) in [5, 5.41) is 0. The van der Waals surface area contributed by atoms with Crippen molar-refractivity contribution < 1.29 is 31.5 Å². The van der Waals surface area contributed by atoms with Crippen LogP contribution in [-0.2, 0) is 15.7 Å². The van der Waals surface area contributed by atoms with Crippen LogP contribution in [0.1, 0.15) is 30.5 Å². The van der Waals surface area contributed by atoms with Crippen LogP contribution in [0.2, 0.25) is 0 Å². The molecule has 8 heteroatoms. The zero-order valence-electron chi connectivity index (χ0n) is 10.4. The first-order valence-electron chi connectivity index (χ1n) is 5.64. The zero-order valence-corrected chi connectivity index (χ0v) is 10.4. The van der Waals surface area contributed by atoms with Gasteiger partial charge in [0.25, 0.3) is 0 Å². The topological polar surface area (TPSA) is 52.3 Å². The molecule has 20 heavy (non-hydrogen) atoms. The second-order valence-electron chi connectivity index (χ2n) is 3.94. The number of rotatable bonds is 4. The molecule has 3 nitrogen and oxygen atoms in total. The van der Waals surface area contributed by atoms with Crippen LogP contribution in [0.4, 0.5) is 22.0 Å². The summed E-state index contributed by atoms with van der Waals surface area (Å²) in [7, 11) is 0. The molecule has 0 spiro atoms. The first kappa shape index (κ1) is 16.4. The number of benzene rings is 1. The molecule has 0 aliphatic rings. The van der Waals surface area contributed by atoms with Gasteiger partial charge in [0, 0.05) is 11.6 Å². The predicted molar refractivity (Wildman–Crippen MR) is 59.5 cm³/mol. The first-order valence-corrected chi connectivity index (χ1v) is 5.64. The molecule has 1 rings (SSSR count). The highest BCUT2D eigenvalue weighted by atomic mass is 19.4. The lowest BCUT2D eigenvalue weighted by atomic mass is 10.0. The van der Waals surface area contributed by atoms with Crippen molar-refractivity contribution in [3.05, 3.63) is 34.9 Å². The monoisotopic (exact) mass is 297 g/mol. The van der Waals surface area contributed by atoms with Crippen LogP contribution in [0.15, 0.2) is 12.1 Å². The second kappa shape index (κ2) is 6.17. The molecule has 1 aromatic carbocycles. The van der Waals surface area contributed by atoms with Gasteiger partial charge in [0.15, 0.2) is 11.6 Å². The van der Waals surface area contributed by atoms with E-state index in [2.05, 4.69) is 4.74 Å². The van der Waals surface area contributed by atoms with Crippen molar-refractivity contribution in [2.75, 3.05) is 6.61 Å². The Morgan fingerprint density at radius 3 is 2.40 bits per heavy atom. The van der Waals surface area contributed by atoms with Gasteiger partial charge in [-0.2, -0.15) is 13.2 Å². The van der Waals surface area contributed by atoms with Crippen molar-refractivity contribution in [2.45, 2.75) is 25.6 Å². The summed E-state index contributed by atoms with van der Waals surface area (Å²) in [4.78, 5) is 11.2. The van der Waals surface area contributed by atoms with E-state index in [1.54, 1.807) is 6.92 Å². The fourth-order valence-corrected chi connectivity index (χ4v) is 1.58. The summed E-state index contributed by atoms with van der Waals surface area (Å²) < 4.78 is 68.6. The van der Waals surface area contributed by atoms with Crippen LogP contribution in [0.3, 0.4) is 0 Å². The number of ether oxygens (including phenoxy) is 1. The minimum atomic E-state index is -5.01. The van der Waals surface area contributed by atoms with Gasteiger partial charge >= 0.3 is 12.1 Å². The lowest BCUT2D eigenvalue weighted by molar-refractivity contribution is -0.144. The molecular weight excluding hydrogens is 285 g/mol. The maximum absolute atomic E-state index is 13.6. The van der Waals surface area contributed by atoms with E-state index in [0.29, 0.717) is 12.1 Å². The van der Waals surface area contributed by atoms with Gasteiger partial charge in [0.05, 0.1) is 18.6 Å². The maximum atomic E-state index is 13.6.